The van der Waals surface area contributed by atoms with Crippen LogP contribution in [0.3, 0.4) is 0 Å². The molecule has 0 aliphatic carbocycles. The minimum absolute atomic E-state index is 1.17. The van der Waals surface area contributed by atoms with Crippen molar-refractivity contribution in [2.24, 2.45) is 0 Å². The number of allylic oxidation sites excluding steroid dienone is 4. The van der Waals surface area contributed by atoms with Crippen LogP contribution in [0.15, 0.2) is 22.4 Å². The third kappa shape index (κ3) is 10.4. The zero-order valence-corrected chi connectivity index (χ0v) is 17.6. The van der Waals surface area contributed by atoms with Gasteiger partial charge in [0.15, 0.2) is 0 Å². The molecule has 0 spiro atoms. The average Bonchev–Trinajstić information content (AvgIpc) is 2.45. The predicted octanol–water partition coefficient (Wildman–Crippen LogP) is 8.07. The SMILES string of the molecule is CCCCCCC(C)=CC(CCCCCC)=C(C)[Si](C)(C)C. The van der Waals surface area contributed by atoms with Gasteiger partial charge in [-0.3, -0.25) is 0 Å². The van der Waals surface area contributed by atoms with Gasteiger partial charge in [-0.2, -0.15) is 0 Å². The van der Waals surface area contributed by atoms with Crippen molar-refractivity contribution in [2.75, 3.05) is 0 Å². The summed E-state index contributed by atoms with van der Waals surface area (Å²) in [4.78, 5) is 0. The standard InChI is InChI=1S/C21H42Si/c1-8-10-12-14-16-19(3)18-21(17-15-13-11-9-2)20(4)22(5,6)7/h18H,8-17H2,1-7H3. The molecule has 0 unspecified atom stereocenters. The molecule has 0 aromatic rings. The maximum atomic E-state index is 2.55. The highest BCUT2D eigenvalue weighted by Gasteiger charge is 2.18. The summed E-state index contributed by atoms with van der Waals surface area (Å²) < 4.78 is 0. The molecule has 0 rings (SSSR count). The zero-order valence-electron chi connectivity index (χ0n) is 16.6. The van der Waals surface area contributed by atoms with Gasteiger partial charge in [0, 0.05) is 0 Å². The molecule has 0 N–H and O–H groups in total. The van der Waals surface area contributed by atoms with Gasteiger partial charge < -0.3 is 0 Å². The van der Waals surface area contributed by atoms with Crippen molar-refractivity contribution >= 4 is 8.07 Å². The largest absolute Gasteiger partial charge is 0.0810 e. The van der Waals surface area contributed by atoms with E-state index in [9.17, 15) is 0 Å². The van der Waals surface area contributed by atoms with Gasteiger partial charge in [0.2, 0.25) is 0 Å². The maximum Gasteiger partial charge on any atom is 0.0724 e. The van der Waals surface area contributed by atoms with Gasteiger partial charge >= 0.3 is 0 Å². The lowest BCUT2D eigenvalue weighted by molar-refractivity contribution is 0.659. The average molecular weight is 323 g/mol. The minimum atomic E-state index is -1.17. The second-order valence-electron chi connectivity index (χ2n) is 8.01. The van der Waals surface area contributed by atoms with Gasteiger partial charge in [0.25, 0.3) is 0 Å². The lowest BCUT2D eigenvalue weighted by atomic mass is 10.0. The third-order valence-electron chi connectivity index (χ3n) is 4.75. The van der Waals surface area contributed by atoms with Crippen LogP contribution in [0.4, 0.5) is 0 Å². The second-order valence-corrected chi connectivity index (χ2v) is 13.3. The van der Waals surface area contributed by atoms with Gasteiger partial charge in [-0.15, -0.1) is 0 Å². The molecule has 1 heteroatoms. The van der Waals surface area contributed by atoms with Crippen LogP contribution in [-0.4, -0.2) is 8.07 Å². The number of hydrogen-bond donors (Lipinski definition) is 0. The van der Waals surface area contributed by atoms with Crippen LogP contribution in [0.5, 0.6) is 0 Å². The third-order valence-corrected chi connectivity index (χ3v) is 7.32. The summed E-state index contributed by atoms with van der Waals surface area (Å²) in [7, 11) is -1.17. The van der Waals surface area contributed by atoms with E-state index in [1.54, 1.807) is 16.3 Å². The summed E-state index contributed by atoms with van der Waals surface area (Å²) in [6, 6.07) is 0. The number of hydrogen-bond acceptors (Lipinski definition) is 0. The molecule has 0 aliphatic heterocycles. The summed E-state index contributed by atoms with van der Waals surface area (Å²) in [5, 5.41) is 1.72. The molecule has 130 valence electrons. The molecule has 0 fully saturated rings. The predicted molar refractivity (Wildman–Crippen MR) is 107 cm³/mol. The van der Waals surface area contributed by atoms with E-state index in [-0.39, 0.29) is 0 Å². The van der Waals surface area contributed by atoms with Gasteiger partial charge in [0.1, 0.15) is 0 Å². The van der Waals surface area contributed by atoms with E-state index in [1.165, 1.54) is 64.2 Å². The molecule has 0 amide bonds. The molecule has 0 saturated carbocycles. The molecule has 0 saturated heterocycles. The molecular formula is C21H42Si. The van der Waals surface area contributed by atoms with Crippen molar-refractivity contribution in [3.8, 4) is 0 Å². The highest BCUT2D eigenvalue weighted by atomic mass is 28.3. The van der Waals surface area contributed by atoms with Gasteiger partial charge in [-0.05, 0) is 39.5 Å². The summed E-state index contributed by atoms with van der Waals surface area (Å²) in [5.41, 5.74) is 3.27. The Morgan fingerprint density at radius 2 is 1.23 bits per heavy atom. The summed E-state index contributed by atoms with van der Waals surface area (Å²) in [6.07, 6.45) is 16.1. The fourth-order valence-corrected chi connectivity index (χ4v) is 3.95. The monoisotopic (exact) mass is 322 g/mol. The van der Waals surface area contributed by atoms with Crippen molar-refractivity contribution < 1.29 is 0 Å². The lowest BCUT2D eigenvalue weighted by Crippen LogP contribution is -2.23. The van der Waals surface area contributed by atoms with Crippen molar-refractivity contribution in [2.45, 2.75) is 112 Å². The molecule has 0 atom stereocenters. The Balaban J connectivity index is 4.77. The lowest BCUT2D eigenvalue weighted by Gasteiger charge is -2.21. The van der Waals surface area contributed by atoms with Gasteiger partial charge in [-0.25, -0.2) is 0 Å². The first-order valence-corrected chi connectivity index (χ1v) is 13.2. The van der Waals surface area contributed by atoms with E-state index in [0.717, 1.165) is 0 Å². The molecule has 0 nitrogen and oxygen atoms in total. The Labute approximate surface area is 142 Å². The van der Waals surface area contributed by atoms with Crippen LogP contribution in [0.1, 0.15) is 91.9 Å². The first kappa shape index (κ1) is 21.7. The smallest absolute Gasteiger partial charge is 0.0724 e. The molecule has 0 aliphatic rings. The number of rotatable bonds is 12. The Kier molecular flexibility index (Phi) is 12.0. The molecule has 0 aromatic carbocycles. The minimum Gasteiger partial charge on any atom is -0.0810 e. The fraction of sp³-hybridized carbons (Fsp3) is 0.810. The first-order valence-electron chi connectivity index (χ1n) is 9.70. The molecule has 0 bridgehead atoms. The molecular weight excluding hydrogens is 280 g/mol. The summed E-state index contributed by atoms with van der Waals surface area (Å²) in [6.45, 7) is 16.8. The van der Waals surface area contributed by atoms with E-state index in [4.69, 9.17) is 0 Å². The molecule has 0 heterocycles. The fourth-order valence-electron chi connectivity index (χ4n) is 2.79. The quantitative estimate of drug-likeness (QED) is 0.193. The normalized spacial score (nSPS) is 14.2. The first-order chi connectivity index (χ1) is 10.3. The van der Waals surface area contributed by atoms with E-state index in [1.807, 2.05) is 0 Å². The Morgan fingerprint density at radius 3 is 1.68 bits per heavy atom. The summed E-state index contributed by atoms with van der Waals surface area (Å²) in [5.74, 6) is 0. The second kappa shape index (κ2) is 12.2. The maximum absolute atomic E-state index is 2.55. The Bertz CT molecular complexity index is 341. The van der Waals surface area contributed by atoms with Crippen LogP contribution in [-0.2, 0) is 0 Å². The van der Waals surface area contributed by atoms with E-state index in [0.29, 0.717) is 0 Å². The van der Waals surface area contributed by atoms with Crippen LogP contribution in [0.2, 0.25) is 19.6 Å². The Hall–Kier alpha value is -0.303. The summed E-state index contributed by atoms with van der Waals surface area (Å²) >= 11 is 0. The van der Waals surface area contributed by atoms with Crippen LogP contribution >= 0.6 is 0 Å². The van der Waals surface area contributed by atoms with Crippen molar-refractivity contribution in [3.05, 3.63) is 22.4 Å². The Morgan fingerprint density at radius 1 is 0.727 bits per heavy atom. The molecule has 0 radical (unpaired) electrons. The van der Waals surface area contributed by atoms with E-state index in [2.05, 4.69) is 53.4 Å². The topological polar surface area (TPSA) is 0 Å². The van der Waals surface area contributed by atoms with Gasteiger partial charge in [-0.1, -0.05) is 94.4 Å². The molecule has 0 aromatic heterocycles. The van der Waals surface area contributed by atoms with Crippen molar-refractivity contribution in [1.29, 1.82) is 0 Å². The highest BCUT2D eigenvalue weighted by Crippen LogP contribution is 2.25. The zero-order chi connectivity index (χ0) is 17.0. The number of unbranched alkanes of at least 4 members (excludes halogenated alkanes) is 6. The molecule has 22 heavy (non-hydrogen) atoms. The van der Waals surface area contributed by atoms with Crippen LogP contribution in [0, 0.1) is 0 Å². The van der Waals surface area contributed by atoms with Crippen molar-refractivity contribution in [3.63, 3.8) is 0 Å². The van der Waals surface area contributed by atoms with Crippen LogP contribution in [0.25, 0.3) is 0 Å². The van der Waals surface area contributed by atoms with E-state index < -0.39 is 8.07 Å². The van der Waals surface area contributed by atoms with Crippen LogP contribution < -0.4 is 0 Å². The van der Waals surface area contributed by atoms with Crippen molar-refractivity contribution in [1.82, 2.24) is 0 Å². The van der Waals surface area contributed by atoms with Gasteiger partial charge in [0.05, 0.1) is 8.07 Å². The highest BCUT2D eigenvalue weighted by molar-refractivity contribution is 6.83. The van der Waals surface area contributed by atoms with E-state index >= 15 is 0 Å².